The Hall–Kier alpha value is -2.44. The maximum Gasteiger partial charge on any atom is 0.269 e. The molecule has 0 aliphatic rings. The zero-order chi connectivity index (χ0) is 17.1. The first-order valence-electron chi connectivity index (χ1n) is 7.10. The van der Waals surface area contributed by atoms with Gasteiger partial charge in [-0.2, -0.15) is 0 Å². The third kappa shape index (κ3) is 6.83. The summed E-state index contributed by atoms with van der Waals surface area (Å²) in [5.74, 6) is -1.35. The van der Waals surface area contributed by atoms with E-state index in [0.717, 1.165) is 0 Å². The molecule has 0 unspecified atom stereocenters. The van der Waals surface area contributed by atoms with Gasteiger partial charge in [-0.25, -0.2) is 0 Å². The molecule has 0 aromatic heterocycles. The maximum absolute atomic E-state index is 11.7. The Morgan fingerprint density at radius 3 is 2.36 bits per heavy atom. The minimum atomic E-state index is -1.19. The van der Waals surface area contributed by atoms with E-state index >= 15 is 0 Å². The van der Waals surface area contributed by atoms with E-state index < -0.39 is 10.9 Å². The standard InChI is InChI=1S/C13H16N2O5.C2H6/c1-14-12-6-5-10(15(19)20)7-9(12)8-11(16)3-2-4-13(17)18;1-2/h5-7,14H,2-4,8H2,1H3,(H,17,18);1-2H3/p-1. The number of carbonyl (C=O) groups excluding carboxylic acids is 2. The number of nitro groups is 1. The summed E-state index contributed by atoms with van der Waals surface area (Å²) in [5, 5.41) is 23.8. The van der Waals surface area contributed by atoms with E-state index in [-0.39, 0.29) is 37.2 Å². The molecule has 1 rings (SSSR count). The lowest BCUT2D eigenvalue weighted by Crippen LogP contribution is -2.21. The first-order chi connectivity index (χ1) is 10.4. The van der Waals surface area contributed by atoms with Crippen molar-refractivity contribution < 1.29 is 19.6 Å². The van der Waals surface area contributed by atoms with Gasteiger partial charge in [0.2, 0.25) is 0 Å². The lowest BCUT2D eigenvalue weighted by atomic mass is 10.0. The van der Waals surface area contributed by atoms with E-state index in [4.69, 9.17) is 0 Å². The average Bonchev–Trinajstić information content (AvgIpc) is 2.48. The van der Waals surface area contributed by atoms with Gasteiger partial charge in [0.15, 0.2) is 0 Å². The van der Waals surface area contributed by atoms with Gasteiger partial charge in [-0.1, -0.05) is 13.8 Å². The molecular weight excluding hydrogens is 288 g/mol. The Balaban J connectivity index is 0.00000211. The monoisotopic (exact) mass is 309 g/mol. The van der Waals surface area contributed by atoms with Crippen LogP contribution in [0.1, 0.15) is 38.7 Å². The first-order valence-corrected chi connectivity index (χ1v) is 7.10. The molecule has 0 atom stereocenters. The number of carbonyl (C=O) groups is 2. The Labute approximate surface area is 129 Å². The fourth-order valence-electron chi connectivity index (χ4n) is 1.81. The highest BCUT2D eigenvalue weighted by molar-refractivity contribution is 5.83. The Morgan fingerprint density at radius 2 is 1.86 bits per heavy atom. The van der Waals surface area contributed by atoms with Crippen molar-refractivity contribution in [2.75, 3.05) is 12.4 Å². The summed E-state index contributed by atoms with van der Waals surface area (Å²) in [6.45, 7) is 4.00. The Morgan fingerprint density at radius 1 is 1.23 bits per heavy atom. The number of Topliss-reactive ketones (excluding diaryl/α,β-unsaturated/α-hetero) is 1. The number of hydrogen-bond acceptors (Lipinski definition) is 6. The SMILES string of the molecule is CC.CNc1ccc([N+](=O)[O-])cc1CC(=O)CCCC(=O)[O-]. The lowest BCUT2D eigenvalue weighted by Gasteiger charge is -2.08. The van der Waals surface area contributed by atoms with Crippen molar-refractivity contribution in [1.29, 1.82) is 0 Å². The molecule has 1 aromatic carbocycles. The van der Waals surface area contributed by atoms with Gasteiger partial charge in [-0.15, -0.1) is 0 Å². The topological polar surface area (TPSA) is 112 Å². The number of nitro benzene ring substituents is 1. The number of ketones is 1. The van der Waals surface area contributed by atoms with Crippen LogP contribution in [-0.4, -0.2) is 23.7 Å². The molecule has 0 saturated carbocycles. The summed E-state index contributed by atoms with van der Waals surface area (Å²) in [5.41, 5.74) is 1.09. The molecule has 22 heavy (non-hydrogen) atoms. The summed E-state index contributed by atoms with van der Waals surface area (Å²) in [6.07, 6.45) is 0.190. The van der Waals surface area contributed by atoms with Gasteiger partial charge in [0.05, 0.1) is 4.92 Å². The smallest absolute Gasteiger partial charge is 0.269 e. The van der Waals surface area contributed by atoms with Crippen LogP contribution in [0, 0.1) is 10.1 Å². The van der Waals surface area contributed by atoms with Crippen molar-refractivity contribution in [2.45, 2.75) is 39.5 Å². The number of non-ortho nitro benzene ring substituents is 1. The van der Waals surface area contributed by atoms with Crippen LogP contribution >= 0.6 is 0 Å². The number of anilines is 1. The van der Waals surface area contributed by atoms with Gasteiger partial charge in [0.25, 0.3) is 5.69 Å². The second-order valence-corrected chi connectivity index (χ2v) is 4.29. The van der Waals surface area contributed by atoms with Crippen molar-refractivity contribution in [3.05, 3.63) is 33.9 Å². The van der Waals surface area contributed by atoms with Crippen LogP contribution in [0.4, 0.5) is 11.4 Å². The summed E-state index contributed by atoms with van der Waals surface area (Å²) < 4.78 is 0. The number of carboxylic acids is 1. The zero-order valence-electron chi connectivity index (χ0n) is 13.0. The van der Waals surface area contributed by atoms with E-state index in [2.05, 4.69) is 5.32 Å². The number of nitrogens with zero attached hydrogens (tertiary/aromatic N) is 1. The minimum absolute atomic E-state index is 0.0326. The predicted octanol–water partition coefficient (Wildman–Crippen LogP) is 1.69. The molecule has 1 aromatic rings. The van der Waals surface area contributed by atoms with Gasteiger partial charge in [-0.05, 0) is 24.5 Å². The Kier molecular flexibility index (Phi) is 9.17. The second kappa shape index (κ2) is 10.3. The lowest BCUT2D eigenvalue weighted by molar-refractivity contribution is -0.384. The van der Waals surface area contributed by atoms with Gasteiger partial charge in [-0.3, -0.25) is 14.9 Å². The third-order valence-electron chi connectivity index (χ3n) is 2.79. The van der Waals surface area contributed by atoms with Gasteiger partial charge >= 0.3 is 0 Å². The van der Waals surface area contributed by atoms with Crippen LogP contribution in [0.3, 0.4) is 0 Å². The van der Waals surface area contributed by atoms with Gasteiger partial charge in [0.1, 0.15) is 5.78 Å². The van der Waals surface area contributed by atoms with Crippen LogP contribution < -0.4 is 10.4 Å². The number of aliphatic carboxylic acids is 1. The number of benzene rings is 1. The minimum Gasteiger partial charge on any atom is -0.550 e. The van der Waals surface area contributed by atoms with Crippen molar-refractivity contribution in [2.24, 2.45) is 0 Å². The molecule has 0 aliphatic carbocycles. The number of hydrogen-bond donors (Lipinski definition) is 1. The molecule has 1 N–H and O–H groups in total. The second-order valence-electron chi connectivity index (χ2n) is 4.29. The van der Waals surface area contributed by atoms with Crippen LogP contribution in [0.5, 0.6) is 0 Å². The molecule has 122 valence electrons. The highest BCUT2D eigenvalue weighted by Crippen LogP contribution is 2.23. The van der Waals surface area contributed by atoms with E-state index in [1.165, 1.54) is 12.1 Å². The van der Waals surface area contributed by atoms with Crippen LogP contribution in [-0.2, 0) is 16.0 Å². The quantitative estimate of drug-likeness (QED) is 0.577. The van der Waals surface area contributed by atoms with Crippen molar-refractivity contribution in [3.8, 4) is 0 Å². The first kappa shape index (κ1) is 19.6. The number of nitrogens with one attached hydrogen (secondary N) is 1. The molecule has 0 bridgehead atoms. The largest absolute Gasteiger partial charge is 0.550 e. The molecule has 0 amide bonds. The molecule has 7 nitrogen and oxygen atoms in total. The van der Waals surface area contributed by atoms with Crippen LogP contribution in [0.15, 0.2) is 18.2 Å². The molecule has 0 saturated heterocycles. The molecular formula is C15H21N2O5-. The average molecular weight is 309 g/mol. The molecule has 0 fully saturated rings. The van der Waals surface area contributed by atoms with E-state index in [9.17, 15) is 24.8 Å². The van der Waals surface area contributed by atoms with E-state index in [1.807, 2.05) is 13.8 Å². The molecule has 0 spiro atoms. The van der Waals surface area contributed by atoms with Crippen LogP contribution in [0.2, 0.25) is 0 Å². The summed E-state index contributed by atoms with van der Waals surface area (Å²) in [6, 6.07) is 4.25. The molecule has 0 aliphatic heterocycles. The number of carboxylic acid groups (broad SMARTS) is 1. The summed E-state index contributed by atoms with van der Waals surface area (Å²) in [4.78, 5) is 32.2. The van der Waals surface area contributed by atoms with Crippen molar-refractivity contribution in [3.63, 3.8) is 0 Å². The molecule has 7 heteroatoms. The van der Waals surface area contributed by atoms with Crippen molar-refractivity contribution >= 4 is 23.1 Å². The predicted molar refractivity (Wildman–Crippen MR) is 81.6 cm³/mol. The third-order valence-corrected chi connectivity index (χ3v) is 2.79. The van der Waals surface area contributed by atoms with Gasteiger partial charge in [0, 0.05) is 43.7 Å². The molecule has 0 heterocycles. The normalized spacial score (nSPS) is 9.41. The highest BCUT2D eigenvalue weighted by Gasteiger charge is 2.13. The summed E-state index contributed by atoms with van der Waals surface area (Å²) >= 11 is 0. The van der Waals surface area contributed by atoms with Crippen molar-refractivity contribution in [1.82, 2.24) is 0 Å². The number of rotatable bonds is 8. The van der Waals surface area contributed by atoms with Crippen LogP contribution in [0.25, 0.3) is 0 Å². The Bertz CT molecular complexity index is 529. The highest BCUT2D eigenvalue weighted by atomic mass is 16.6. The fourth-order valence-corrected chi connectivity index (χ4v) is 1.81. The van der Waals surface area contributed by atoms with E-state index in [0.29, 0.717) is 11.3 Å². The van der Waals surface area contributed by atoms with Gasteiger partial charge < -0.3 is 15.2 Å². The zero-order valence-corrected chi connectivity index (χ0v) is 13.0. The fraction of sp³-hybridized carbons (Fsp3) is 0.467. The molecule has 0 radical (unpaired) electrons. The summed E-state index contributed by atoms with van der Waals surface area (Å²) in [7, 11) is 1.66. The maximum atomic E-state index is 11.7. The van der Waals surface area contributed by atoms with E-state index in [1.54, 1.807) is 13.1 Å².